The highest BCUT2D eigenvalue weighted by molar-refractivity contribution is 5.84. The number of carbonyl (C=O) groups excluding carboxylic acids is 1. The van der Waals surface area contributed by atoms with E-state index in [1.807, 2.05) is 18.2 Å². The van der Waals surface area contributed by atoms with Gasteiger partial charge < -0.3 is 26.0 Å². The van der Waals surface area contributed by atoms with E-state index in [0.29, 0.717) is 26.1 Å². The summed E-state index contributed by atoms with van der Waals surface area (Å²) < 4.78 is 37.3. The maximum Gasteiger partial charge on any atom is 0.490 e. The van der Waals surface area contributed by atoms with Gasteiger partial charge in [-0.2, -0.15) is 13.2 Å². The summed E-state index contributed by atoms with van der Waals surface area (Å²) in [6.07, 6.45) is -4.01. The Labute approximate surface area is 158 Å². The van der Waals surface area contributed by atoms with Crippen LogP contribution in [0.3, 0.4) is 0 Å². The van der Waals surface area contributed by atoms with E-state index < -0.39 is 24.0 Å². The average molecular weight is 406 g/mol. The molecule has 0 saturated heterocycles. The standard InChI is InChI=1S/C15H20N2O4.C2HF3O2/c16-4-1-5-21-13-3-2-10-6-11(8-14(18)19)15(20)17-9-12(10)7-13;3-2(4,5)1(6)7/h2-3,7,11H,1,4-6,8-9,16H2,(H,17,20)(H,18,19);(H,6,7). The lowest BCUT2D eigenvalue weighted by molar-refractivity contribution is -0.192. The zero-order valence-electron chi connectivity index (χ0n) is 14.8. The van der Waals surface area contributed by atoms with Gasteiger partial charge in [0.15, 0.2) is 0 Å². The summed E-state index contributed by atoms with van der Waals surface area (Å²) in [5, 5.41) is 18.8. The molecule has 156 valence electrons. The second-order valence-corrected chi connectivity index (χ2v) is 5.94. The Morgan fingerprint density at radius 3 is 2.43 bits per heavy atom. The largest absolute Gasteiger partial charge is 0.494 e. The van der Waals surface area contributed by atoms with E-state index in [9.17, 15) is 22.8 Å². The fourth-order valence-corrected chi connectivity index (χ4v) is 2.39. The summed E-state index contributed by atoms with van der Waals surface area (Å²) in [7, 11) is 0. The van der Waals surface area contributed by atoms with Crippen molar-refractivity contribution in [3.63, 3.8) is 0 Å². The van der Waals surface area contributed by atoms with Gasteiger partial charge in [0, 0.05) is 6.54 Å². The lowest BCUT2D eigenvalue weighted by Gasteiger charge is -2.11. The van der Waals surface area contributed by atoms with Crippen LogP contribution >= 0.6 is 0 Å². The van der Waals surface area contributed by atoms with Crippen molar-refractivity contribution in [2.75, 3.05) is 13.2 Å². The number of hydrogen-bond donors (Lipinski definition) is 4. The van der Waals surface area contributed by atoms with Crippen molar-refractivity contribution >= 4 is 17.8 Å². The minimum absolute atomic E-state index is 0.153. The molecule has 0 radical (unpaired) electrons. The number of ether oxygens (including phenoxy) is 1. The second-order valence-electron chi connectivity index (χ2n) is 5.94. The molecule has 0 aromatic heterocycles. The molecule has 0 saturated carbocycles. The quantitative estimate of drug-likeness (QED) is 0.523. The number of aliphatic carboxylic acids is 2. The zero-order chi connectivity index (χ0) is 21.3. The maximum atomic E-state index is 11.9. The van der Waals surface area contributed by atoms with Crippen molar-refractivity contribution in [2.24, 2.45) is 11.7 Å². The number of nitrogens with two attached hydrogens (primary N) is 1. The van der Waals surface area contributed by atoms with Gasteiger partial charge in [-0.25, -0.2) is 4.79 Å². The van der Waals surface area contributed by atoms with E-state index in [4.69, 9.17) is 25.5 Å². The molecule has 0 spiro atoms. The topological polar surface area (TPSA) is 139 Å². The number of hydrogen-bond acceptors (Lipinski definition) is 5. The summed E-state index contributed by atoms with van der Waals surface area (Å²) in [6.45, 7) is 1.54. The molecule has 1 aliphatic rings. The second kappa shape index (κ2) is 10.5. The van der Waals surface area contributed by atoms with Crippen molar-refractivity contribution in [3.05, 3.63) is 29.3 Å². The van der Waals surface area contributed by atoms with E-state index in [-0.39, 0.29) is 12.3 Å². The number of fused-ring (bicyclic) bond motifs is 1. The third-order valence-electron chi connectivity index (χ3n) is 3.75. The highest BCUT2D eigenvalue weighted by Gasteiger charge is 2.38. The van der Waals surface area contributed by atoms with Crippen molar-refractivity contribution < 1.29 is 42.5 Å². The molecule has 0 aliphatic carbocycles. The summed E-state index contributed by atoms with van der Waals surface area (Å²) in [5.41, 5.74) is 7.38. The summed E-state index contributed by atoms with van der Waals surface area (Å²) in [6, 6.07) is 5.65. The van der Waals surface area contributed by atoms with E-state index in [2.05, 4.69) is 5.32 Å². The van der Waals surface area contributed by atoms with Gasteiger partial charge in [-0.1, -0.05) is 6.07 Å². The van der Waals surface area contributed by atoms with Crippen molar-refractivity contribution in [1.82, 2.24) is 5.32 Å². The lowest BCUT2D eigenvalue weighted by atomic mass is 9.94. The first-order valence-electron chi connectivity index (χ1n) is 8.28. The molecule has 1 heterocycles. The van der Waals surface area contributed by atoms with E-state index in [1.165, 1.54) is 0 Å². The van der Waals surface area contributed by atoms with Crippen LogP contribution in [0, 0.1) is 5.92 Å². The van der Waals surface area contributed by atoms with Gasteiger partial charge in [0.2, 0.25) is 5.91 Å². The first-order valence-corrected chi connectivity index (χ1v) is 8.28. The molecule has 0 bridgehead atoms. The van der Waals surface area contributed by atoms with Crippen LogP contribution in [0.15, 0.2) is 18.2 Å². The van der Waals surface area contributed by atoms with E-state index in [0.717, 1.165) is 23.3 Å². The molecule has 1 aliphatic heterocycles. The van der Waals surface area contributed by atoms with Crippen molar-refractivity contribution in [2.45, 2.75) is 32.0 Å². The predicted molar refractivity (Wildman–Crippen MR) is 90.6 cm³/mol. The molecule has 1 aromatic rings. The molecule has 1 atom stereocenters. The van der Waals surface area contributed by atoms with Crippen LogP contribution in [0.5, 0.6) is 5.75 Å². The van der Waals surface area contributed by atoms with Crippen LogP contribution in [-0.4, -0.2) is 47.4 Å². The van der Waals surface area contributed by atoms with Crippen LogP contribution in [0.4, 0.5) is 13.2 Å². The molecule has 2 rings (SSSR count). The number of carboxylic acid groups (broad SMARTS) is 2. The number of alkyl halides is 3. The molecule has 11 heteroatoms. The van der Waals surface area contributed by atoms with Gasteiger partial charge in [-0.3, -0.25) is 9.59 Å². The third-order valence-corrected chi connectivity index (χ3v) is 3.75. The first kappa shape index (κ1) is 23.2. The molecule has 5 N–H and O–H groups in total. The molecular weight excluding hydrogens is 385 g/mol. The molecule has 1 amide bonds. The number of carbonyl (C=O) groups is 3. The van der Waals surface area contributed by atoms with Gasteiger partial charge in [-0.05, 0) is 42.6 Å². The average Bonchev–Trinajstić information content (AvgIpc) is 2.74. The molecular formula is C17H21F3N2O6. The normalized spacial score (nSPS) is 16.0. The number of carboxylic acids is 2. The van der Waals surface area contributed by atoms with Gasteiger partial charge in [0.25, 0.3) is 0 Å². The molecule has 0 fully saturated rings. The molecule has 8 nitrogen and oxygen atoms in total. The van der Waals surface area contributed by atoms with Gasteiger partial charge in [0.1, 0.15) is 5.75 Å². The number of benzene rings is 1. The van der Waals surface area contributed by atoms with Gasteiger partial charge in [0.05, 0.1) is 18.9 Å². The predicted octanol–water partition coefficient (Wildman–Crippen LogP) is 1.31. The summed E-state index contributed by atoms with van der Waals surface area (Å²) in [4.78, 5) is 31.6. The van der Waals surface area contributed by atoms with Crippen LogP contribution in [0.25, 0.3) is 0 Å². The molecule has 1 aromatic carbocycles. The van der Waals surface area contributed by atoms with Crippen LogP contribution in [-0.2, 0) is 27.3 Å². The monoisotopic (exact) mass is 406 g/mol. The molecule has 28 heavy (non-hydrogen) atoms. The van der Waals surface area contributed by atoms with E-state index >= 15 is 0 Å². The minimum atomic E-state index is -5.08. The molecule has 1 unspecified atom stereocenters. The minimum Gasteiger partial charge on any atom is -0.494 e. The Kier molecular flexibility index (Phi) is 8.71. The third kappa shape index (κ3) is 7.82. The summed E-state index contributed by atoms with van der Waals surface area (Å²) >= 11 is 0. The number of rotatable bonds is 6. The Bertz CT molecular complexity index is 709. The summed E-state index contributed by atoms with van der Waals surface area (Å²) in [5.74, 6) is -3.70. The SMILES string of the molecule is NCCCOc1ccc2c(c1)CNC(=O)C(CC(=O)O)C2.O=C(O)C(F)(F)F. The Hall–Kier alpha value is -2.82. The van der Waals surface area contributed by atoms with Crippen molar-refractivity contribution in [3.8, 4) is 5.75 Å². The highest BCUT2D eigenvalue weighted by atomic mass is 19.4. The Morgan fingerprint density at radius 2 is 1.89 bits per heavy atom. The Balaban J connectivity index is 0.000000480. The van der Waals surface area contributed by atoms with Gasteiger partial charge >= 0.3 is 18.1 Å². The van der Waals surface area contributed by atoms with Crippen molar-refractivity contribution in [1.29, 1.82) is 0 Å². The van der Waals surface area contributed by atoms with Crippen LogP contribution in [0.1, 0.15) is 24.0 Å². The maximum absolute atomic E-state index is 11.9. The van der Waals surface area contributed by atoms with E-state index in [1.54, 1.807) is 0 Å². The lowest BCUT2D eigenvalue weighted by Crippen LogP contribution is -2.30. The fourth-order valence-electron chi connectivity index (χ4n) is 2.39. The first-order chi connectivity index (χ1) is 13.0. The highest BCUT2D eigenvalue weighted by Crippen LogP contribution is 2.24. The zero-order valence-corrected chi connectivity index (χ0v) is 14.8. The van der Waals surface area contributed by atoms with Gasteiger partial charge in [-0.15, -0.1) is 0 Å². The number of halogens is 3. The fraction of sp³-hybridized carbons (Fsp3) is 0.471. The Morgan fingerprint density at radius 1 is 1.25 bits per heavy atom. The number of nitrogens with one attached hydrogen (secondary N) is 1. The smallest absolute Gasteiger partial charge is 0.490 e. The van der Waals surface area contributed by atoms with Crippen LogP contribution < -0.4 is 15.8 Å². The number of amides is 1. The van der Waals surface area contributed by atoms with Crippen LogP contribution in [0.2, 0.25) is 0 Å².